The summed E-state index contributed by atoms with van der Waals surface area (Å²) < 4.78 is 0.424. The van der Waals surface area contributed by atoms with Gasteiger partial charge in [0, 0.05) is 4.32 Å². The molecule has 0 spiro atoms. The standard InChI is InChI=1S/C26H53Br.H3P/c1-5-9-13-14-15-16-17-18-19-20-22-25(21-10-6-2)26(27,23-11-7-3)24-12-8-4;/h25H,5-24H2,1-4H3;1H3. The molecule has 0 bridgehead atoms. The minimum absolute atomic E-state index is 0. The van der Waals surface area contributed by atoms with Gasteiger partial charge in [0.2, 0.25) is 0 Å². The first-order chi connectivity index (χ1) is 13.1. The smallest absolute Gasteiger partial charge is 0.0286 e. The molecule has 0 rings (SSSR count). The Morgan fingerprint density at radius 3 is 1.29 bits per heavy atom. The highest BCUT2D eigenvalue weighted by Crippen LogP contribution is 2.43. The van der Waals surface area contributed by atoms with Crippen LogP contribution in [0.25, 0.3) is 0 Å². The van der Waals surface area contributed by atoms with Crippen LogP contribution in [0.5, 0.6) is 0 Å². The van der Waals surface area contributed by atoms with E-state index in [1.54, 1.807) is 0 Å². The van der Waals surface area contributed by atoms with Crippen LogP contribution in [0.4, 0.5) is 0 Å². The van der Waals surface area contributed by atoms with Crippen LogP contribution in [0.2, 0.25) is 0 Å². The Morgan fingerprint density at radius 2 is 0.857 bits per heavy atom. The van der Waals surface area contributed by atoms with Crippen LogP contribution in [-0.2, 0) is 0 Å². The quantitative estimate of drug-likeness (QED) is 0.0872. The third-order valence-corrected chi connectivity index (χ3v) is 7.88. The minimum atomic E-state index is 0. The number of hydrogen-bond acceptors (Lipinski definition) is 0. The largest absolute Gasteiger partial charge is 0.153 e. The van der Waals surface area contributed by atoms with Gasteiger partial charge in [-0.25, -0.2) is 0 Å². The normalized spacial score (nSPS) is 12.8. The first-order valence-corrected chi connectivity index (χ1v) is 13.6. The van der Waals surface area contributed by atoms with Gasteiger partial charge in [0.25, 0.3) is 0 Å². The van der Waals surface area contributed by atoms with E-state index in [-0.39, 0.29) is 9.90 Å². The molecule has 172 valence electrons. The van der Waals surface area contributed by atoms with Gasteiger partial charge in [0.05, 0.1) is 0 Å². The lowest BCUT2D eigenvalue weighted by Crippen LogP contribution is -2.32. The molecule has 0 aliphatic heterocycles. The van der Waals surface area contributed by atoms with Gasteiger partial charge in [-0.15, -0.1) is 0 Å². The second kappa shape index (κ2) is 22.6. The summed E-state index contributed by atoms with van der Waals surface area (Å²) in [6.45, 7) is 9.35. The van der Waals surface area contributed by atoms with E-state index in [0.717, 1.165) is 5.92 Å². The van der Waals surface area contributed by atoms with Crippen molar-refractivity contribution < 1.29 is 0 Å². The Balaban J connectivity index is 0. The molecule has 0 aromatic carbocycles. The Bertz CT molecular complexity index is 284. The molecular formula is C26H56BrP. The van der Waals surface area contributed by atoms with Crippen LogP contribution < -0.4 is 0 Å². The minimum Gasteiger partial charge on any atom is -0.153 e. The molecule has 0 aromatic heterocycles. The Hall–Kier alpha value is 0.910. The van der Waals surface area contributed by atoms with Crippen molar-refractivity contribution in [2.24, 2.45) is 5.92 Å². The van der Waals surface area contributed by atoms with Gasteiger partial charge in [-0.2, -0.15) is 9.90 Å². The summed E-state index contributed by atoms with van der Waals surface area (Å²) in [6.07, 6.45) is 28.4. The molecule has 0 fully saturated rings. The van der Waals surface area contributed by atoms with Crippen molar-refractivity contribution in [3.63, 3.8) is 0 Å². The topological polar surface area (TPSA) is 0 Å². The van der Waals surface area contributed by atoms with Gasteiger partial charge < -0.3 is 0 Å². The molecule has 0 aliphatic rings. The van der Waals surface area contributed by atoms with Crippen molar-refractivity contribution in [2.45, 2.75) is 160 Å². The highest BCUT2D eigenvalue weighted by molar-refractivity contribution is 9.10. The van der Waals surface area contributed by atoms with E-state index in [1.807, 2.05) is 0 Å². The molecule has 0 saturated carbocycles. The highest BCUT2D eigenvalue weighted by Gasteiger charge is 2.34. The zero-order chi connectivity index (χ0) is 20.2. The first kappa shape index (κ1) is 31.1. The molecular weight excluding hydrogens is 423 g/mol. The van der Waals surface area contributed by atoms with Gasteiger partial charge in [0.1, 0.15) is 0 Å². The molecule has 0 aromatic rings. The van der Waals surface area contributed by atoms with Crippen molar-refractivity contribution in [1.82, 2.24) is 0 Å². The van der Waals surface area contributed by atoms with Gasteiger partial charge in [-0.3, -0.25) is 0 Å². The van der Waals surface area contributed by atoms with Crippen LogP contribution in [-0.4, -0.2) is 4.32 Å². The number of halogens is 1. The lowest BCUT2D eigenvalue weighted by atomic mass is 9.78. The Labute approximate surface area is 191 Å². The van der Waals surface area contributed by atoms with Crippen molar-refractivity contribution in [1.29, 1.82) is 0 Å². The molecule has 0 radical (unpaired) electrons. The van der Waals surface area contributed by atoms with Crippen LogP contribution in [0, 0.1) is 5.92 Å². The van der Waals surface area contributed by atoms with E-state index in [2.05, 4.69) is 43.6 Å². The van der Waals surface area contributed by atoms with Crippen molar-refractivity contribution in [3.05, 3.63) is 0 Å². The van der Waals surface area contributed by atoms with Gasteiger partial charge in [-0.05, 0) is 31.6 Å². The van der Waals surface area contributed by atoms with Gasteiger partial charge in [-0.1, -0.05) is 146 Å². The maximum Gasteiger partial charge on any atom is 0.0286 e. The summed E-state index contributed by atoms with van der Waals surface area (Å²) in [5.41, 5.74) is 0. The molecule has 2 atom stereocenters. The average molecular weight is 480 g/mol. The molecule has 28 heavy (non-hydrogen) atoms. The number of rotatable bonds is 21. The molecule has 0 N–H and O–H groups in total. The number of hydrogen-bond donors (Lipinski definition) is 0. The lowest BCUT2D eigenvalue weighted by Gasteiger charge is -2.37. The zero-order valence-corrected chi connectivity index (χ0v) is 23.3. The van der Waals surface area contributed by atoms with E-state index in [9.17, 15) is 0 Å². The predicted octanol–water partition coefficient (Wildman–Crippen LogP) is 10.7. The van der Waals surface area contributed by atoms with E-state index >= 15 is 0 Å². The second-order valence-corrected chi connectivity index (χ2v) is 10.6. The van der Waals surface area contributed by atoms with Crippen LogP contribution in [0.15, 0.2) is 0 Å². The fourth-order valence-corrected chi connectivity index (χ4v) is 5.48. The third kappa shape index (κ3) is 16.7. The fourth-order valence-electron chi connectivity index (χ4n) is 4.46. The monoisotopic (exact) mass is 478 g/mol. The lowest BCUT2D eigenvalue weighted by molar-refractivity contribution is 0.282. The van der Waals surface area contributed by atoms with E-state index in [0.29, 0.717) is 4.32 Å². The first-order valence-electron chi connectivity index (χ1n) is 12.8. The van der Waals surface area contributed by atoms with Crippen LogP contribution in [0.1, 0.15) is 156 Å². The summed E-state index contributed by atoms with van der Waals surface area (Å²) in [7, 11) is 0. The maximum absolute atomic E-state index is 4.31. The molecule has 2 unspecified atom stereocenters. The van der Waals surface area contributed by atoms with Gasteiger partial charge >= 0.3 is 0 Å². The SMILES string of the molecule is CCCCCCCCCCCCC(CCCC)C(Br)(CCCC)CCCC.P. The van der Waals surface area contributed by atoms with E-state index in [1.165, 1.54) is 128 Å². The third-order valence-electron chi connectivity index (χ3n) is 6.44. The zero-order valence-electron chi connectivity index (χ0n) is 20.3. The van der Waals surface area contributed by atoms with Crippen LogP contribution in [0.3, 0.4) is 0 Å². The average Bonchev–Trinajstić information content (AvgIpc) is 2.68. The molecule has 0 aliphatic carbocycles. The van der Waals surface area contributed by atoms with E-state index < -0.39 is 0 Å². The molecule has 0 heterocycles. The predicted molar refractivity (Wildman–Crippen MR) is 141 cm³/mol. The summed E-state index contributed by atoms with van der Waals surface area (Å²) in [5, 5.41) is 0. The fraction of sp³-hybridized carbons (Fsp3) is 1.00. The molecule has 0 saturated heterocycles. The van der Waals surface area contributed by atoms with Crippen molar-refractivity contribution in [2.75, 3.05) is 0 Å². The molecule has 2 heteroatoms. The maximum atomic E-state index is 4.31. The Morgan fingerprint density at radius 1 is 0.500 bits per heavy atom. The number of alkyl halides is 1. The molecule has 0 nitrogen and oxygen atoms in total. The van der Waals surface area contributed by atoms with Crippen molar-refractivity contribution >= 4 is 25.8 Å². The number of unbranched alkanes of at least 4 members (excludes halogenated alkanes) is 12. The van der Waals surface area contributed by atoms with E-state index in [4.69, 9.17) is 0 Å². The van der Waals surface area contributed by atoms with Gasteiger partial charge in [0.15, 0.2) is 0 Å². The summed E-state index contributed by atoms with van der Waals surface area (Å²) in [6, 6.07) is 0. The van der Waals surface area contributed by atoms with Crippen molar-refractivity contribution in [3.8, 4) is 0 Å². The van der Waals surface area contributed by atoms with Crippen LogP contribution >= 0.6 is 25.8 Å². The molecule has 0 amide bonds. The summed E-state index contributed by atoms with van der Waals surface area (Å²) in [5.74, 6) is 0.893. The second-order valence-electron chi connectivity index (χ2n) is 9.05. The summed E-state index contributed by atoms with van der Waals surface area (Å²) in [4.78, 5) is 0. The highest BCUT2D eigenvalue weighted by atomic mass is 79.9. The Kier molecular flexibility index (Phi) is 25.1. The summed E-state index contributed by atoms with van der Waals surface area (Å²) >= 11 is 4.31.